The summed E-state index contributed by atoms with van der Waals surface area (Å²) in [5.41, 5.74) is 3.74. The van der Waals surface area contributed by atoms with E-state index < -0.39 is 16.1 Å². The zero-order valence-electron chi connectivity index (χ0n) is 17.6. The molecule has 0 saturated heterocycles. The summed E-state index contributed by atoms with van der Waals surface area (Å²) in [6.07, 6.45) is 1.81. The highest BCUT2D eigenvalue weighted by atomic mass is 32.2. The Balaban J connectivity index is 1.79. The van der Waals surface area contributed by atoms with Gasteiger partial charge in [0.15, 0.2) is 5.58 Å². The normalized spacial score (nSPS) is 14.0. The lowest BCUT2D eigenvalue weighted by molar-refractivity contribution is 0.459. The van der Waals surface area contributed by atoms with E-state index in [1.54, 1.807) is 0 Å². The molecule has 0 radical (unpaired) electrons. The molecule has 4 rings (SSSR count). The summed E-state index contributed by atoms with van der Waals surface area (Å²) in [6.45, 7) is 5.72. The molecule has 2 unspecified atom stereocenters. The average molecular weight is 438 g/mol. The molecule has 0 amide bonds. The van der Waals surface area contributed by atoms with Crippen molar-refractivity contribution < 1.29 is 13.5 Å². The van der Waals surface area contributed by atoms with E-state index in [-0.39, 0.29) is 11.9 Å². The summed E-state index contributed by atoms with van der Waals surface area (Å²) in [6, 6.07) is 17.8. The van der Waals surface area contributed by atoms with Crippen molar-refractivity contribution in [3.8, 4) is 11.3 Å². The third-order valence-corrected chi connectivity index (χ3v) is 6.58. The van der Waals surface area contributed by atoms with Crippen molar-refractivity contribution in [2.45, 2.75) is 38.0 Å². The summed E-state index contributed by atoms with van der Waals surface area (Å²) in [5, 5.41) is 5.20. The van der Waals surface area contributed by atoms with Gasteiger partial charge in [-0.1, -0.05) is 41.6 Å². The van der Waals surface area contributed by atoms with E-state index in [2.05, 4.69) is 14.9 Å². The third kappa shape index (κ3) is 4.79. The predicted octanol–water partition coefficient (Wildman–Crippen LogP) is 5.36. The molecular formula is C24H24FN3O2S. The molecule has 0 saturated carbocycles. The average Bonchev–Trinajstić information content (AvgIpc) is 3.16. The summed E-state index contributed by atoms with van der Waals surface area (Å²) in [5.74, 6) is -0.350. The standard InChI is InChI=1S/C24H24FN3O2S/c1-24(2,3)31(29)28-21(15-17-14-16(25)12-13-26-17)18-8-4-5-9-19(18)23-20-10-6-7-11-22(20)30-27-23/h4-14,21,28H,15H2,1-3H3. The number of benzene rings is 2. The number of fused-ring (bicyclic) bond motifs is 1. The second-order valence-corrected chi connectivity index (χ2v) is 10.3. The van der Waals surface area contributed by atoms with Crippen LogP contribution in [-0.2, 0) is 17.8 Å². The molecule has 31 heavy (non-hydrogen) atoms. The fourth-order valence-corrected chi connectivity index (χ4v) is 4.21. The largest absolute Gasteiger partial charge is 0.598 e. The van der Waals surface area contributed by atoms with E-state index in [0.29, 0.717) is 23.4 Å². The molecular weight excluding hydrogens is 413 g/mol. The fraction of sp³-hybridized carbons (Fsp3) is 0.250. The first-order chi connectivity index (χ1) is 14.8. The van der Waals surface area contributed by atoms with Crippen molar-refractivity contribution in [2.75, 3.05) is 0 Å². The highest BCUT2D eigenvalue weighted by Gasteiger charge is 2.31. The molecule has 0 spiro atoms. The number of pyridine rings is 1. The van der Waals surface area contributed by atoms with Crippen LogP contribution in [0.15, 0.2) is 71.4 Å². The fourth-order valence-electron chi connectivity index (χ4n) is 3.39. The van der Waals surface area contributed by atoms with Crippen molar-refractivity contribution in [1.82, 2.24) is 14.9 Å². The van der Waals surface area contributed by atoms with Crippen LogP contribution in [0.5, 0.6) is 0 Å². The number of hydrogen-bond donors (Lipinski definition) is 1. The van der Waals surface area contributed by atoms with Crippen molar-refractivity contribution in [2.24, 2.45) is 0 Å². The molecule has 160 valence electrons. The summed E-state index contributed by atoms with van der Waals surface area (Å²) < 4.78 is 35.1. The van der Waals surface area contributed by atoms with E-state index in [1.165, 1.54) is 18.3 Å². The van der Waals surface area contributed by atoms with Crippen LogP contribution < -0.4 is 4.72 Å². The van der Waals surface area contributed by atoms with Crippen molar-refractivity contribution >= 4 is 22.3 Å². The van der Waals surface area contributed by atoms with Gasteiger partial charge in [0.05, 0.1) is 6.04 Å². The second kappa shape index (κ2) is 8.78. The van der Waals surface area contributed by atoms with Crippen molar-refractivity contribution in [3.63, 3.8) is 0 Å². The Morgan fingerprint density at radius 3 is 2.61 bits per heavy atom. The number of nitrogens with one attached hydrogen (secondary N) is 1. The van der Waals surface area contributed by atoms with Crippen LogP contribution in [0.25, 0.3) is 22.2 Å². The number of nitrogens with zero attached hydrogens (tertiary/aromatic N) is 2. The van der Waals surface area contributed by atoms with Gasteiger partial charge in [0.25, 0.3) is 0 Å². The number of halogens is 1. The van der Waals surface area contributed by atoms with Gasteiger partial charge in [0, 0.05) is 40.6 Å². The van der Waals surface area contributed by atoms with Gasteiger partial charge in [-0.25, -0.2) is 4.39 Å². The van der Waals surface area contributed by atoms with Gasteiger partial charge in [0.2, 0.25) is 0 Å². The first-order valence-electron chi connectivity index (χ1n) is 10.0. The molecule has 7 heteroatoms. The lowest BCUT2D eigenvalue weighted by Gasteiger charge is -2.29. The molecule has 5 nitrogen and oxygen atoms in total. The Bertz CT molecular complexity index is 1190. The van der Waals surface area contributed by atoms with Crippen LogP contribution in [0.4, 0.5) is 4.39 Å². The van der Waals surface area contributed by atoms with E-state index in [1.807, 2.05) is 69.3 Å². The zero-order chi connectivity index (χ0) is 22.0. The summed E-state index contributed by atoms with van der Waals surface area (Å²) in [4.78, 5) is 4.30. The second-order valence-electron chi connectivity index (χ2n) is 8.34. The van der Waals surface area contributed by atoms with Crippen LogP contribution in [0.3, 0.4) is 0 Å². The maximum absolute atomic E-state index is 13.8. The topological polar surface area (TPSA) is 74.0 Å². The minimum atomic E-state index is -1.34. The molecule has 1 N–H and O–H groups in total. The van der Waals surface area contributed by atoms with E-state index >= 15 is 0 Å². The Labute approximate surface area is 184 Å². The van der Waals surface area contributed by atoms with E-state index in [0.717, 1.165) is 16.5 Å². The highest BCUT2D eigenvalue weighted by molar-refractivity contribution is 7.90. The van der Waals surface area contributed by atoms with Gasteiger partial charge in [0.1, 0.15) is 16.3 Å². The zero-order valence-corrected chi connectivity index (χ0v) is 18.4. The summed E-state index contributed by atoms with van der Waals surface area (Å²) in [7, 11) is 0. The van der Waals surface area contributed by atoms with Crippen LogP contribution in [-0.4, -0.2) is 19.4 Å². The first-order valence-corrected chi connectivity index (χ1v) is 11.2. The lowest BCUT2D eigenvalue weighted by Crippen LogP contribution is -2.42. The van der Waals surface area contributed by atoms with E-state index in [4.69, 9.17) is 4.52 Å². The third-order valence-electron chi connectivity index (χ3n) is 4.97. The van der Waals surface area contributed by atoms with Crippen molar-refractivity contribution in [1.29, 1.82) is 0 Å². The Morgan fingerprint density at radius 2 is 1.84 bits per heavy atom. The van der Waals surface area contributed by atoms with Gasteiger partial charge in [-0.2, -0.15) is 0 Å². The monoisotopic (exact) mass is 437 g/mol. The molecule has 2 aromatic carbocycles. The molecule has 2 aromatic heterocycles. The van der Waals surface area contributed by atoms with Crippen LogP contribution in [0.2, 0.25) is 0 Å². The first kappa shape index (κ1) is 21.5. The Morgan fingerprint density at radius 1 is 1.10 bits per heavy atom. The predicted molar refractivity (Wildman–Crippen MR) is 121 cm³/mol. The van der Waals surface area contributed by atoms with Gasteiger partial charge in [-0.15, -0.1) is 4.72 Å². The molecule has 0 aliphatic carbocycles. The van der Waals surface area contributed by atoms with Crippen LogP contribution >= 0.6 is 0 Å². The number of hydrogen-bond acceptors (Lipinski definition) is 5. The molecule has 4 aromatic rings. The lowest BCUT2D eigenvalue weighted by atomic mass is 9.94. The smallest absolute Gasteiger partial charge is 0.167 e. The van der Waals surface area contributed by atoms with E-state index in [9.17, 15) is 8.94 Å². The summed E-state index contributed by atoms with van der Waals surface area (Å²) >= 11 is -1.34. The molecule has 2 atom stereocenters. The van der Waals surface area contributed by atoms with Gasteiger partial charge >= 0.3 is 0 Å². The highest BCUT2D eigenvalue weighted by Crippen LogP contribution is 2.34. The van der Waals surface area contributed by atoms with Gasteiger partial charge < -0.3 is 9.08 Å². The number of para-hydroxylation sites is 1. The number of rotatable bonds is 6. The van der Waals surface area contributed by atoms with Crippen LogP contribution in [0, 0.1) is 5.82 Å². The van der Waals surface area contributed by atoms with Gasteiger partial charge in [-0.3, -0.25) is 4.98 Å². The van der Waals surface area contributed by atoms with Crippen molar-refractivity contribution in [3.05, 3.63) is 83.9 Å². The van der Waals surface area contributed by atoms with Gasteiger partial charge in [-0.05, 0) is 50.6 Å². The maximum Gasteiger partial charge on any atom is 0.167 e. The molecule has 0 fully saturated rings. The quantitative estimate of drug-likeness (QED) is 0.411. The molecule has 0 aliphatic heterocycles. The Hall–Kier alpha value is -2.74. The Kier molecular flexibility index (Phi) is 6.09. The minimum absolute atomic E-state index is 0.350. The number of aromatic nitrogens is 2. The maximum atomic E-state index is 13.8. The molecule has 2 heterocycles. The minimum Gasteiger partial charge on any atom is -0.598 e. The molecule has 0 bridgehead atoms. The van der Waals surface area contributed by atoms with Crippen LogP contribution in [0.1, 0.15) is 38.1 Å². The molecule has 0 aliphatic rings. The SMILES string of the molecule is CC(C)(C)[S+]([O-])NC(Cc1cc(F)ccn1)c1ccccc1-c1noc2ccccc12.